The van der Waals surface area contributed by atoms with Crippen LogP contribution in [0.2, 0.25) is 0 Å². The predicted molar refractivity (Wildman–Crippen MR) is 130 cm³/mol. The molecule has 3 heterocycles. The Morgan fingerprint density at radius 2 is 1.81 bits per heavy atom. The fourth-order valence-electron chi connectivity index (χ4n) is 4.45. The Kier molecular flexibility index (Phi) is 5.29. The number of ether oxygens (including phenoxy) is 4. The van der Waals surface area contributed by atoms with Gasteiger partial charge in [-0.15, -0.1) is 5.10 Å². The summed E-state index contributed by atoms with van der Waals surface area (Å²) in [5.74, 6) is 3.17. The number of phenolic OH excluding ortho intramolecular Hbond substituents is 1. The maximum atomic E-state index is 10.1. The van der Waals surface area contributed by atoms with E-state index < -0.39 is 0 Å². The van der Waals surface area contributed by atoms with Crippen LogP contribution in [0.4, 0.5) is 0 Å². The highest BCUT2D eigenvalue weighted by atomic mass is 16.5. The molecule has 1 atom stereocenters. The molecular formula is C27H22N4O5. The number of methoxy groups -OCH3 is 2. The molecule has 6 rings (SSSR count). The zero-order valence-electron chi connectivity index (χ0n) is 19.6. The van der Waals surface area contributed by atoms with Crippen LogP contribution in [0.25, 0.3) is 5.65 Å². The Bertz CT molecular complexity index is 1570. The molecule has 1 aliphatic heterocycles. The summed E-state index contributed by atoms with van der Waals surface area (Å²) in [5, 5.41) is 14.7. The molecule has 0 saturated carbocycles. The summed E-state index contributed by atoms with van der Waals surface area (Å²) in [7, 11) is 3.20. The number of hydrogen-bond donors (Lipinski definition) is 1. The first kappa shape index (κ1) is 21.7. The van der Waals surface area contributed by atoms with Gasteiger partial charge in [0.15, 0.2) is 23.0 Å². The van der Waals surface area contributed by atoms with E-state index in [1.165, 1.54) is 0 Å². The van der Waals surface area contributed by atoms with Gasteiger partial charge in [0, 0.05) is 17.5 Å². The summed E-state index contributed by atoms with van der Waals surface area (Å²) >= 11 is 0. The zero-order chi connectivity index (χ0) is 24.6. The lowest BCUT2D eigenvalue weighted by molar-refractivity contribution is 0.296. The molecule has 1 aliphatic rings. The smallest absolute Gasteiger partial charge is 0.228 e. The van der Waals surface area contributed by atoms with Gasteiger partial charge in [-0.05, 0) is 35.9 Å². The molecule has 2 aromatic heterocycles. The number of rotatable bonds is 6. The molecule has 0 bridgehead atoms. The quantitative estimate of drug-likeness (QED) is 0.364. The van der Waals surface area contributed by atoms with Crippen molar-refractivity contribution in [1.82, 2.24) is 19.6 Å². The average Bonchev–Trinajstić information content (AvgIpc) is 3.34. The van der Waals surface area contributed by atoms with Crippen LogP contribution < -0.4 is 18.9 Å². The summed E-state index contributed by atoms with van der Waals surface area (Å²) in [4.78, 5) is 9.30. The fraction of sp³-hybridized carbons (Fsp3) is 0.148. The molecule has 0 unspecified atom stereocenters. The van der Waals surface area contributed by atoms with E-state index in [-0.39, 0.29) is 18.3 Å². The van der Waals surface area contributed by atoms with Crippen LogP contribution in [0.1, 0.15) is 28.4 Å². The summed E-state index contributed by atoms with van der Waals surface area (Å²) in [6.07, 6.45) is 1.56. The third-order valence-corrected chi connectivity index (χ3v) is 6.09. The second kappa shape index (κ2) is 8.77. The van der Waals surface area contributed by atoms with Gasteiger partial charge < -0.3 is 24.1 Å². The molecular weight excluding hydrogens is 460 g/mol. The number of nitrogens with zero attached hydrogens (tertiary/aromatic N) is 4. The lowest BCUT2D eigenvalue weighted by Gasteiger charge is -2.28. The molecule has 1 N–H and O–H groups in total. The van der Waals surface area contributed by atoms with Crippen LogP contribution in [-0.4, -0.2) is 38.9 Å². The fourth-order valence-corrected chi connectivity index (χ4v) is 4.45. The van der Waals surface area contributed by atoms with Gasteiger partial charge in [-0.1, -0.05) is 30.3 Å². The van der Waals surface area contributed by atoms with Gasteiger partial charge in [0.25, 0.3) is 0 Å². The first-order chi connectivity index (χ1) is 17.6. The van der Waals surface area contributed by atoms with E-state index in [2.05, 4.69) is 10.1 Å². The van der Waals surface area contributed by atoms with Gasteiger partial charge in [0.2, 0.25) is 5.88 Å². The molecule has 36 heavy (non-hydrogen) atoms. The van der Waals surface area contributed by atoms with Crippen LogP contribution in [-0.2, 0) is 6.61 Å². The average molecular weight is 482 g/mol. The third kappa shape index (κ3) is 3.70. The Morgan fingerprint density at radius 1 is 0.972 bits per heavy atom. The number of aromatic hydroxyl groups is 1. The Balaban J connectivity index is 1.49. The van der Waals surface area contributed by atoms with Crippen LogP contribution in [0.5, 0.6) is 34.6 Å². The van der Waals surface area contributed by atoms with Crippen molar-refractivity contribution < 1.29 is 24.1 Å². The van der Waals surface area contributed by atoms with Crippen LogP contribution in [0, 0.1) is 0 Å². The summed E-state index contributed by atoms with van der Waals surface area (Å²) in [5.41, 5.74) is 3.13. The zero-order valence-corrected chi connectivity index (χ0v) is 19.6. The largest absolute Gasteiger partial charge is 0.508 e. The van der Waals surface area contributed by atoms with Crippen molar-refractivity contribution in [3.05, 3.63) is 95.6 Å². The minimum Gasteiger partial charge on any atom is -0.508 e. The van der Waals surface area contributed by atoms with Gasteiger partial charge in [0.1, 0.15) is 30.2 Å². The molecule has 9 heteroatoms. The number of aromatic nitrogens is 4. The van der Waals surface area contributed by atoms with E-state index in [0.29, 0.717) is 34.6 Å². The lowest BCUT2D eigenvalue weighted by Crippen LogP contribution is -2.15. The van der Waals surface area contributed by atoms with Crippen molar-refractivity contribution in [2.75, 3.05) is 14.2 Å². The van der Waals surface area contributed by atoms with Crippen molar-refractivity contribution in [2.45, 2.75) is 12.5 Å². The Labute approximate surface area is 206 Å². The number of fused-ring (bicyclic) bond motifs is 4. The Morgan fingerprint density at radius 3 is 2.61 bits per heavy atom. The van der Waals surface area contributed by atoms with E-state index in [1.807, 2.05) is 54.6 Å². The lowest BCUT2D eigenvalue weighted by atomic mass is 9.83. The van der Waals surface area contributed by atoms with Gasteiger partial charge in [-0.3, -0.25) is 0 Å². The molecule has 0 spiro atoms. The van der Waals surface area contributed by atoms with Gasteiger partial charge in [-0.2, -0.15) is 0 Å². The summed E-state index contributed by atoms with van der Waals surface area (Å²) < 4.78 is 24.6. The number of para-hydroxylation sites is 1. The maximum Gasteiger partial charge on any atom is 0.228 e. The predicted octanol–water partition coefficient (Wildman–Crippen LogP) is 4.71. The van der Waals surface area contributed by atoms with Gasteiger partial charge in [-0.25, -0.2) is 14.5 Å². The Hall–Kier alpha value is -4.79. The minimum absolute atomic E-state index is 0.104. The third-order valence-electron chi connectivity index (χ3n) is 6.09. The number of benzene rings is 3. The molecule has 0 fully saturated rings. The van der Waals surface area contributed by atoms with Crippen molar-refractivity contribution in [3.63, 3.8) is 0 Å². The van der Waals surface area contributed by atoms with E-state index in [1.54, 1.807) is 37.2 Å². The van der Waals surface area contributed by atoms with Crippen molar-refractivity contribution in [2.24, 2.45) is 0 Å². The molecule has 5 aromatic rings. The first-order valence-electron chi connectivity index (χ1n) is 11.3. The van der Waals surface area contributed by atoms with Crippen LogP contribution in [0.3, 0.4) is 0 Å². The van der Waals surface area contributed by atoms with Crippen molar-refractivity contribution >= 4 is 5.65 Å². The number of hydrogen-bond acceptors (Lipinski definition) is 8. The van der Waals surface area contributed by atoms with Gasteiger partial charge in [0.05, 0.1) is 19.8 Å². The minimum atomic E-state index is -0.313. The standard InChI is InChI=1S/C27H22N4O5/c1-33-20-11-8-16(12-22(20)34-2)24-19-10-9-17(32)13-21(19)36-27-25(24)26-29-23(30-31(26)15-28-27)14-35-18-6-4-3-5-7-18/h3-13,15,24,32H,14H2,1-2H3/t24-/m1/s1. The highest BCUT2D eigenvalue weighted by molar-refractivity contribution is 5.67. The summed E-state index contributed by atoms with van der Waals surface area (Å²) in [6.45, 7) is 0.201. The molecule has 0 radical (unpaired) electrons. The molecule has 0 aliphatic carbocycles. The van der Waals surface area contributed by atoms with Gasteiger partial charge >= 0.3 is 0 Å². The first-order valence-corrected chi connectivity index (χ1v) is 11.3. The highest BCUT2D eigenvalue weighted by Gasteiger charge is 2.34. The van der Waals surface area contributed by atoms with E-state index in [9.17, 15) is 5.11 Å². The van der Waals surface area contributed by atoms with E-state index in [4.69, 9.17) is 23.9 Å². The van der Waals surface area contributed by atoms with Crippen LogP contribution >= 0.6 is 0 Å². The summed E-state index contributed by atoms with van der Waals surface area (Å²) in [6, 6.07) is 20.3. The second-order valence-electron chi connectivity index (χ2n) is 8.23. The SMILES string of the molecule is COc1ccc([C@@H]2c3ccc(O)cc3Oc3ncn4nc(COc5ccccc5)nc4c32)cc1OC. The molecule has 0 saturated heterocycles. The molecule has 180 valence electrons. The monoisotopic (exact) mass is 482 g/mol. The van der Waals surface area contributed by atoms with E-state index >= 15 is 0 Å². The molecule has 3 aromatic carbocycles. The van der Waals surface area contributed by atoms with Crippen molar-refractivity contribution in [1.29, 1.82) is 0 Å². The second-order valence-corrected chi connectivity index (χ2v) is 8.23. The normalized spacial score (nSPS) is 14.0. The van der Waals surface area contributed by atoms with Crippen LogP contribution in [0.15, 0.2) is 73.1 Å². The topological polar surface area (TPSA) is 100 Å². The van der Waals surface area contributed by atoms with E-state index in [0.717, 1.165) is 22.4 Å². The van der Waals surface area contributed by atoms with Crippen molar-refractivity contribution in [3.8, 4) is 34.6 Å². The molecule has 0 amide bonds. The highest BCUT2D eigenvalue weighted by Crippen LogP contribution is 2.49. The number of phenols is 1. The molecule has 9 nitrogen and oxygen atoms in total. The maximum absolute atomic E-state index is 10.1.